The van der Waals surface area contributed by atoms with Crippen LogP contribution >= 0.6 is 11.6 Å². The molecule has 0 spiro atoms. The molecule has 27 heavy (non-hydrogen) atoms. The number of aliphatic carboxylic acids is 1. The van der Waals surface area contributed by atoms with Crippen molar-refractivity contribution in [1.29, 1.82) is 0 Å². The number of aromatic nitrogens is 1. The van der Waals surface area contributed by atoms with E-state index in [2.05, 4.69) is 9.88 Å². The summed E-state index contributed by atoms with van der Waals surface area (Å²) >= 11 is 6.28. The lowest BCUT2D eigenvalue weighted by Crippen LogP contribution is -2.42. The Morgan fingerprint density at radius 1 is 1.33 bits per heavy atom. The summed E-state index contributed by atoms with van der Waals surface area (Å²) in [6.07, 6.45) is 4.28. The maximum absolute atomic E-state index is 11.9. The number of pyridine rings is 1. The Hall–Kier alpha value is -2.18. The second kappa shape index (κ2) is 8.67. The van der Waals surface area contributed by atoms with E-state index in [1.807, 2.05) is 24.3 Å². The Morgan fingerprint density at radius 3 is 2.89 bits per heavy atom. The van der Waals surface area contributed by atoms with E-state index in [1.54, 1.807) is 6.20 Å². The highest BCUT2D eigenvalue weighted by atomic mass is 35.5. The molecule has 1 N–H and O–H groups in total. The van der Waals surface area contributed by atoms with Gasteiger partial charge in [-0.2, -0.15) is 0 Å². The van der Waals surface area contributed by atoms with Crippen LogP contribution in [-0.4, -0.2) is 57.4 Å². The summed E-state index contributed by atoms with van der Waals surface area (Å²) in [6, 6.07) is 7.76. The second-order valence-electron chi connectivity index (χ2n) is 7.04. The van der Waals surface area contributed by atoms with Gasteiger partial charge >= 0.3 is 5.97 Å². The molecule has 1 aliphatic rings. The Bertz CT molecular complexity index is 842. The van der Waals surface area contributed by atoms with Crippen LogP contribution in [0.5, 0.6) is 0 Å². The molecule has 0 bridgehead atoms. The number of halogens is 1. The van der Waals surface area contributed by atoms with Crippen LogP contribution in [0.15, 0.2) is 30.5 Å². The summed E-state index contributed by atoms with van der Waals surface area (Å²) in [6.45, 7) is 3.64. The molecule has 0 saturated carbocycles. The summed E-state index contributed by atoms with van der Waals surface area (Å²) in [4.78, 5) is 31.3. The van der Waals surface area contributed by atoms with Gasteiger partial charge in [-0.1, -0.05) is 17.7 Å². The fraction of sp³-hybridized carbons (Fsp3) is 0.450. The van der Waals surface area contributed by atoms with Crippen molar-refractivity contribution in [2.45, 2.75) is 38.8 Å². The number of carbonyl (C=O) groups excluding carboxylic acids is 1. The van der Waals surface area contributed by atoms with Crippen LogP contribution in [0.2, 0.25) is 5.02 Å². The van der Waals surface area contributed by atoms with Crippen molar-refractivity contribution >= 4 is 34.4 Å². The SMILES string of the molecule is CC(=O)N(CC(=O)O)C1CCCN(Cc2cc(Cl)cc3cccnc23)CC1. The van der Waals surface area contributed by atoms with Crippen molar-refractivity contribution in [3.8, 4) is 0 Å². The minimum Gasteiger partial charge on any atom is -0.480 e. The van der Waals surface area contributed by atoms with Gasteiger partial charge < -0.3 is 10.0 Å². The Balaban J connectivity index is 1.72. The van der Waals surface area contributed by atoms with Crippen LogP contribution in [-0.2, 0) is 16.1 Å². The molecule has 1 aromatic heterocycles. The highest BCUT2D eigenvalue weighted by Gasteiger charge is 2.26. The highest BCUT2D eigenvalue weighted by molar-refractivity contribution is 6.31. The Kier molecular flexibility index (Phi) is 6.29. The first-order valence-electron chi connectivity index (χ1n) is 9.18. The van der Waals surface area contributed by atoms with Gasteiger partial charge in [0, 0.05) is 42.7 Å². The molecule has 2 aromatic rings. The van der Waals surface area contributed by atoms with Gasteiger partial charge in [0.25, 0.3) is 0 Å². The topological polar surface area (TPSA) is 73.7 Å². The number of hydrogen-bond acceptors (Lipinski definition) is 4. The van der Waals surface area contributed by atoms with Crippen LogP contribution < -0.4 is 0 Å². The second-order valence-corrected chi connectivity index (χ2v) is 7.48. The largest absolute Gasteiger partial charge is 0.480 e. The zero-order chi connectivity index (χ0) is 19.4. The summed E-state index contributed by atoms with van der Waals surface area (Å²) in [7, 11) is 0. The predicted molar refractivity (Wildman–Crippen MR) is 105 cm³/mol. The molecule has 1 amide bonds. The van der Waals surface area contributed by atoms with Crippen molar-refractivity contribution in [3.63, 3.8) is 0 Å². The third kappa shape index (κ3) is 4.96. The summed E-state index contributed by atoms with van der Waals surface area (Å²) < 4.78 is 0. The molecular formula is C20H24ClN3O3. The lowest BCUT2D eigenvalue weighted by molar-refractivity contribution is -0.145. The summed E-state index contributed by atoms with van der Waals surface area (Å²) in [5.74, 6) is -1.15. The van der Waals surface area contributed by atoms with Gasteiger partial charge in [0.15, 0.2) is 0 Å². The van der Waals surface area contributed by atoms with Gasteiger partial charge in [0.05, 0.1) is 5.52 Å². The van der Waals surface area contributed by atoms with Gasteiger partial charge in [-0.15, -0.1) is 0 Å². The molecule has 1 aromatic carbocycles. The highest BCUT2D eigenvalue weighted by Crippen LogP contribution is 2.25. The maximum Gasteiger partial charge on any atom is 0.323 e. The average molecular weight is 390 g/mol. The van der Waals surface area contributed by atoms with E-state index in [4.69, 9.17) is 16.7 Å². The molecular weight excluding hydrogens is 366 g/mol. The number of fused-ring (bicyclic) bond motifs is 1. The predicted octanol–water partition coefficient (Wildman–Crippen LogP) is 3.18. The van der Waals surface area contributed by atoms with Crippen LogP contribution in [0.25, 0.3) is 10.9 Å². The van der Waals surface area contributed by atoms with Gasteiger partial charge in [0.2, 0.25) is 5.91 Å². The van der Waals surface area contributed by atoms with Crippen molar-refractivity contribution in [3.05, 3.63) is 41.0 Å². The van der Waals surface area contributed by atoms with Crippen LogP contribution in [0.1, 0.15) is 31.7 Å². The number of rotatable bonds is 5. The number of likely N-dealkylation sites (tertiary alicyclic amines) is 1. The van der Waals surface area contributed by atoms with Crippen molar-refractivity contribution in [2.24, 2.45) is 0 Å². The van der Waals surface area contributed by atoms with E-state index in [0.717, 1.165) is 55.4 Å². The number of carboxylic acid groups (broad SMARTS) is 1. The minimum absolute atomic E-state index is 0.0298. The molecule has 6 nitrogen and oxygen atoms in total. The van der Waals surface area contributed by atoms with Crippen molar-refractivity contribution in [2.75, 3.05) is 19.6 Å². The monoisotopic (exact) mass is 389 g/mol. The Labute approximate surface area is 163 Å². The number of hydrogen-bond donors (Lipinski definition) is 1. The number of carboxylic acids is 1. The first-order valence-corrected chi connectivity index (χ1v) is 9.56. The first kappa shape index (κ1) is 19.6. The number of nitrogens with zero attached hydrogens (tertiary/aromatic N) is 3. The number of carbonyl (C=O) groups is 2. The van der Waals surface area contributed by atoms with E-state index in [-0.39, 0.29) is 18.5 Å². The third-order valence-electron chi connectivity index (χ3n) is 5.08. The molecule has 1 saturated heterocycles. The quantitative estimate of drug-likeness (QED) is 0.850. The molecule has 0 aliphatic carbocycles. The van der Waals surface area contributed by atoms with Crippen molar-refractivity contribution < 1.29 is 14.7 Å². The summed E-state index contributed by atoms with van der Waals surface area (Å²) in [5, 5.41) is 10.8. The average Bonchev–Trinajstić information content (AvgIpc) is 2.84. The molecule has 2 heterocycles. The zero-order valence-electron chi connectivity index (χ0n) is 15.4. The summed E-state index contributed by atoms with van der Waals surface area (Å²) in [5.41, 5.74) is 2.05. The van der Waals surface area contributed by atoms with Gasteiger partial charge in [0.1, 0.15) is 6.54 Å². The molecule has 7 heteroatoms. The molecule has 1 fully saturated rings. The Morgan fingerprint density at radius 2 is 2.15 bits per heavy atom. The van der Waals surface area contributed by atoms with E-state index in [1.165, 1.54) is 11.8 Å². The molecule has 1 unspecified atom stereocenters. The van der Waals surface area contributed by atoms with E-state index >= 15 is 0 Å². The van der Waals surface area contributed by atoms with Gasteiger partial charge in [-0.3, -0.25) is 19.5 Å². The minimum atomic E-state index is -0.970. The molecule has 1 atom stereocenters. The van der Waals surface area contributed by atoms with Crippen LogP contribution in [0.3, 0.4) is 0 Å². The lowest BCUT2D eigenvalue weighted by atomic mass is 10.1. The molecule has 0 radical (unpaired) electrons. The zero-order valence-corrected chi connectivity index (χ0v) is 16.2. The lowest BCUT2D eigenvalue weighted by Gasteiger charge is -2.29. The van der Waals surface area contributed by atoms with Crippen LogP contribution in [0, 0.1) is 0 Å². The standard InChI is InChI=1S/C20H24ClN3O3/c1-14(25)24(13-19(26)27)18-5-3-8-23(9-6-18)12-16-11-17(21)10-15-4-2-7-22-20(15)16/h2,4,7,10-11,18H,3,5-6,8-9,12-13H2,1H3,(H,26,27). The molecule has 144 valence electrons. The fourth-order valence-corrected chi connectivity index (χ4v) is 4.09. The normalized spacial score (nSPS) is 18.2. The number of amides is 1. The fourth-order valence-electron chi connectivity index (χ4n) is 3.84. The van der Waals surface area contributed by atoms with E-state index in [9.17, 15) is 9.59 Å². The van der Waals surface area contributed by atoms with Crippen molar-refractivity contribution in [1.82, 2.24) is 14.8 Å². The first-order chi connectivity index (χ1) is 12.9. The smallest absolute Gasteiger partial charge is 0.323 e. The molecule has 3 rings (SSSR count). The molecule has 1 aliphatic heterocycles. The van der Waals surface area contributed by atoms with Gasteiger partial charge in [-0.05, 0) is 49.6 Å². The van der Waals surface area contributed by atoms with Crippen LogP contribution in [0.4, 0.5) is 0 Å². The van der Waals surface area contributed by atoms with E-state index in [0.29, 0.717) is 5.02 Å². The number of benzene rings is 1. The maximum atomic E-state index is 11.9. The third-order valence-corrected chi connectivity index (χ3v) is 5.30. The van der Waals surface area contributed by atoms with Gasteiger partial charge in [-0.25, -0.2) is 0 Å². The van der Waals surface area contributed by atoms with E-state index < -0.39 is 5.97 Å².